The van der Waals surface area contributed by atoms with Crippen LogP contribution < -0.4 is 16.0 Å². The van der Waals surface area contributed by atoms with E-state index in [0.717, 1.165) is 11.1 Å². The number of furan rings is 1. The zero-order valence-corrected chi connectivity index (χ0v) is 16.8. The Morgan fingerprint density at radius 2 is 1.68 bits per heavy atom. The van der Waals surface area contributed by atoms with Gasteiger partial charge in [0.05, 0.1) is 19.4 Å². The highest BCUT2D eigenvalue weighted by Crippen LogP contribution is 2.06. The lowest BCUT2D eigenvalue weighted by atomic mass is 10.1. The third kappa shape index (κ3) is 7.32. The lowest BCUT2D eigenvalue weighted by Crippen LogP contribution is -2.35. The van der Waals surface area contributed by atoms with E-state index in [2.05, 4.69) is 16.0 Å². The van der Waals surface area contributed by atoms with Gasteiger partial charge in [0.25, 0.3) is 5.91 Å². The Balaban J connectivity index is 1.41. The van der Waals surface area contributed by atoms with Crippen LogP contribution >= 0.6 is 0 Å². The molecule has 7 heteroatoms. The van der Waals surface area contributed by atoms with Crippen molar-refractivity contribution in [2.24, 2.45) is 0 Å². The van der Waals surface area contributed by atoms with E-state index in [1.165, 1.54) is 6.08 Å². The van der Waals surface area contributed by atoms with E-state index in [9.17, 15) is 14.4 Å². The molecule has 3 N–H and O–H groups in total. The second-order valence-corrected chi connectivity index (χ2v) is 6.70. The van der Waals surface area contributed by atoms with Crippen LogP contribution in [-0.4, -0.2) is 24.3 Å². The minimum absolute atomic E-state index is 0.138. The maximum atomic E-state index is 12.3. The molecule has 0 spiro atoms. The Labute approximate surface area is 180 Å². The number of hydrogen-bond acceptors (Lipinski definition) is 4. The maximum absolute atomic E-state index is 12.3. The number of rotatable bonds is 9. The van der Waals surface area contributed by atoms with Crippen LogP contribution in [0, 0.1) is 0 Å². The molecule has 0 unspecified atom stereocenters. The lowest BCUT2D eigenvalue weighted by molar-refractivity contribution is -0.124. The monoisotopic (exact) mass is 417 g/mol. The number of nitrogens with one attached hydrogen (secondary N) is 3. The standard InChI is InChI=1S/C24H23N3O4/c28-22(12-11-18-6-2-1-3-7-18)26-17-23(29)25-15-19-8-4-9-20(14-19)24(30)27-16-21-10-5-13-31-21/h1-14H,15-17H2,(H,25,29)(H,26,28)(H,27,30)/b12-11+. The van der Waals surface area contributed by atoms with Crippen molar-refractivity contribution in [2.45, 2.75) is 13.1 Å². The molecule has 7 nitrogen and oxygen atoms in total. The first-order valence-corrected chi connectivity index (χ1v) is 9.77. The fraction of sp³-hybridized carbons (Fsp3) is 0.125. The predicted octanol–water partition coefficient (Wildman–Crippen LogP) is 2.66. The van der Waals surface area contributed by atoms with Crippen molar-refractivity contribution in [3.8, 4) is 0 Å². The first-order valence-electron chi connectivity index (χ1n) is 9.77. The van der Waals surface area contributed by atoms with E-state index < -0.39 is 0 Å². The fourth-order valence-electron chi connectivity index (χ4n) is 2.73. The molecule has 0 fully saturated rings. The maximum Gasteiger partial charge on any atom is 0.251 e. The molecule has 1 aromatic heterocycles. The van der Waals surface area contributed by atoms with Gasteiger partial charge in [-0.1, -0.05) is 42.5 Å². The summed E-state index contributed by atoms with van der Waals surface area (Å²) in [7, 11) is 0. The average molecular weight is 417 g/mol. The van der Waals surface area contributed by atoms with E-state index in [1.807, 2.05) is 36.4 Å². The molecule has 1 heterocycles. The van der Waals surface area contributed by atoms with Gasteiger partial charge in [-0.2, -0.15) is 0 Å². The van der Waals surface area contributed by atoms with Crippen molar-refractivity contribution in [3.63, 3.8) is 0 Å². The molecule has 0 aliphatic rings. The van der Waals surface area contributed by atoms with Crippen molar-refractivity contribution >= 4 is 23.8 Å². The highest BCUT2D eigenvalue weighted by molar-refractivity contribution is 5.95. The molecule has 158 valence electrons. The Kier molecular flexibility index (Phi) is 7.77. The third-order valence-electron chi connectivity index (χ3n) is 4.33. The highest BCUT2D eigenvalue weighted by Gasteiger charge is 2.08. The van der Waals surface area contributed by atoms with E-state index >= 15 is 0 Å². The first kappa shape index (κ1) is 21.6. The van der Waals surface area contributed by atoms with Gasteiger partial charge in [-0.3, -0.25) is 14.4 Å². The number of carbonyl (C=O) groups is 3. The second-order valence-electron chi connectivity index (χ2n) is 6.70. The number of hydrogen-bond donors (Lipinski definition) is 3. The summed E-state index contributed by atoms with van der Waals surface area (Å²) in [6.07, 6.45) is 4.61. The zero-order chi connectivity index (χ0) is 21.9. The van der Waals surface area contributed by atoms with Crippen molar-refractivity contribution in [3.05, 3.63) is 102 Å². The highest BCUT2D eigenvalue weighted by atomic mass is 16.3. The number of benzene rings is 2. The topological polar surface area (TPSA) is 100 Å². The van der Waals surface area contributed by atoms with Crippen molar-refractivity contribution in [1.29, 1.82) is 0 Å². The zero-order valence-electron chi connectivity index (χ0n) is 16.8. The average Bonchev–Trinajstić information content (AvgIpc) is 3.33. The molecule has 0 radical (unpaired) electrons. The molecule has 0 atom stereocenters. The SMILES string of the molecule is O=C(/C=C/c1ccccc1)NCC(=O)NCc1cccc(C(=O)NCc2ccco2)c1. The van der Waals surface area contributed by atoms with Gasteiger partial charge >= 0.3 is 0 Å². The van der Waals surface area contributed by atoms with Crippen LogP contribution in [0.1, 0.15) is 27.2 Å². The molecule has 2 aromatic carbocycles. The summed E-state index contributed by atoms with van der Waals surface area (Å²) < 4.78 is 5.19. The second kappa shape index (κ2) is 11.2. The minimum Gasteiger partial charge on any atom is -0.467 e. The molecule has 0 bridgehead atoms. The van der Waals surface area contributed by atoms with E-state index in [1.54, 1.807) is 42.7 Å². The molecule has 0 aliphatic carbocycles. The molecule has 31 heavy (non-hydrogen) atoms. The molecule has 0 saturated carbocycles. The van der Waals surface area contributed by atoms with Crippen LogP contribution in [0.5, 0.6) is 0 Å². The minimum atomic E-state index is -0.353. The van der Waals surface area contributed by atoms with Crippen LogP contribution in [0.25, 0.3) is 6.08 Å². The van der Waals surface area contributed by atoms with Gasteiger partial charge in [0, 0.05) is 18.2 Å². The van der Waals surface area contributed by atoms with Gasteiger partial charge in [-0.25, -0.2) is 0 Å². The third-order valence-corrected chi connectivity index (χ3v) is 4.33. The Morgan fingerprint density at radius 3 is 2.45 bits per heavy atom. The van der Waals surface area contributed by atoms with Crippen LogP contribution in [0.4, 0.5) is 0 Å². The van der Waals surface area contributed by atoms with Crippen LogP contribution in [0.15, 0.2) is 83.5 Å². The normalized spacial score (nSPS) is 10.6. The summed E-state index contributed by atoms with van der Waals surface area (Å²) in [5.41, 5.74) is 2.15. The number of amides is 3. The summed E-state index contributed by atoms with van der Waals surface area (Å²) in [5, 5.41) is 8.04. The van der Waals surface area contributed by atoms with E-state index in [4.69, 9.17) is 4.42 Å². The molecule has 0 aliphatic heterocycles. The molecular weight excluding hydrogens is 394 g/mol. The van der Waals surface area contributed by atoms with Crippen LogP contribution in [0.3, 0.4) is 0 Å². The van der Waals surface area contributed by atoms with Crippen molar-refractivity contribution < 1.29 is 18.8 Å². The molecular formula is C24H23N3O4. The summed E-state index contributed by atoms with van der Waals surface area (Å²) in [4.78, 5) is 36.1. The Morgan fingerprint density at radius 1 is 0.839 bits per heavy atom. The largest absolute Gasteiger partial charge is 0.467 e. The van der Waals surface area contributed by atoms with Gasteiger partial charge in [-0.05, 0) is 41.5 Å². The van der Waals surface area contributed by atoms with Gasteiger partial charge in [0.1, 0.15) is 5.76 Å². The summed E-state index contributed by atoms with van der Waals surface area (Å²) in [5.74, 6) is -0.247. The van der Waals surface area contributed by atoms with Crippen molar-refractivity contribution in [2.75, 3.05) is 6.54 Å². The summed E-state index contributed by atoms with van der Waals surface area (Å²) >= 11 is 0. The van der Waals surface area contributed by atoms with E-state index in [0.29, 0.717) is 17.9 Å². The van der Waals surface area contributed by atoms with Gasteiger partial charge in [0.15, 0.2) is 0 Å². The quantitative estimate of drug-likeness (QED) is 0.466. The van der Waals surface area contributed by atoms with Crippen LogP contribution in [0.2, 0.25) is 0 Å². The number of carbonyl (C=O) groups excluding carboxylic acids is 3. The molecule has 3 amide bonds. The summed E-state index contributed by atoms with van der Waals surface area (Å²) in [6.45, 7) is 0.403. The smallest absolute Gasteiger partial charge is 0.251 e. The Bertz CT molecular complexity index is 1040. The molecule has 3 aromatic rings. The van der Waals surface area contributed by atoms with E-state index in [-0.39, 0.29) is 30.8 Å². The Hall–Kier alpha value is -4.13. The van der Waals surface area contributed by atoms with Crippen molar-refractivity contribution in [1.82, 2.24) is 16.0 Å². The molecule has 3 rings (SSSR count). The van der Waals surface area contributed by atoms with Gasteiger partial charge in [-0.15, -0.1) is 0 Å². The predicted molar refractivity (Wildman–Crippen MR) is 117 cm³/mol. The van der Waals surface area contributed by atoms with Gasteiger partial charge < -0.3 is 20.4 Å². The lowest BCUT2D eigenvalue weighted by Gasteiger charge is -2.08. The molecule has 0 saturated heterocycles. The van der Waals surface area contributed by atoms with Gasteiger partial charge in [0.2, 0.25) is 11.8 Å². The fourth-order valence-corrected chi connectivity index (χ4v) is 2.73. The first-order chi connectivity index (χ1) is 15.1. The summed E-state index contributed by atoms with van der Waals surface area (Å²) in [6, 6.07) is 19.9. The van der Waals surface area contributed by atoms with Crippen LogP contribution in [-0.2, 0) is 22.7 Å².